The van der Waals surface area contributed by atoms with Gasteiger partial charge < -0.3 is 5.32 Å². The van der Waals surface area contributed by atoms with Crippen LogP contribution < -0.4 is 5.32 Å². The number of fused-ring (bicyclic) bond motifs is 1. The normalized spacial score (nSPS) is 10.9. The molecule has 1 aromatic carbocycles. The van der Waals surface area contributed by atoms with Gasteiger partial charge in [-0.3, -0.25) is 10.1 Å². The summed E-state index contributed by atoms with van der Waals surface area (Å²) >= 11 is 0. The van der Waals surface area contributed by atoms with E-state index in [0.29, 0.717) is 11.6 Å². The number of nitrogens with zero attached hydrogens (tertiary/aromatic N) is 2. The summed E-state index contributed by atoms with van der Waals surface area (Å²) in [6.07, 6.45) is 3.60. The van der Waals surface area contributed by atoms with Crippen LogP contribution in [0.3, 0.4) is 0 Å². The lowest BCUT2D eigenvalue weighted by Gasteiger charge is -2.17. The van der Waals surface area contributed by atoms with Crippen molar-refractivity contribution in [1.82, 2.24) is 4.98 Å². The van der Waals surface area contributed by atoms with E-state index >= 15 is 0 Å². The van der Waals surface area contributed by atoms with Gasteiger partial charge in [-0.2, -0.15) is 0 Å². The number of non-ortho nitro benzene ring substituents is 1. The van der Waals surface area contributed by atoms with Crippen LogP contribution in [0.15, 0.2) is 30.5 Å². The Morgan fingerprint density at radius 3 is 2.68 bits per heavy atom. The van der Waals surface area contributed by atoms with Gasteiger partial charge in [0.15, 0.2) is 0 Å². The van der Waals surface area contributed by atoms with Gasteiger partial charge in [-0.15, -0.1) is 0 Å². The molecule has 19 heavy (non-hydrogen) atoms. The standard InChI is InChI=1S/C14H17N3O2/c1-3-10(4-2)16-12-7-8-13(17(18)19)14-11(12)6-5-9-15-14/h5-10,16H,3-4H2,1-2H3. The number of pyridine rings is 1. The maximum Gasteiger partial charge on any atom is 0.295 e. The maximum atomic E-state index is 11.0. The average molecular weight is 259 g/mol. The minimum atomic E-state index is -0.393. The molecular formula is C14H17N3O2. The summed E-state index contributed by atoms with van der Waals surface area (Å²) in [5.41, 5.74) is 1.39. The van der Waals surface area contributed by atoms with E-state index in [0.717, 1.165) is 23.9 Å². The van der Waals surface area contributed by atoms with Crippen LogP contribution in [0.5, 0.6) is 0 Å². The van der Waals surface area contributed by atoms with E-state index in [1.165, 1.54) is 6.07 Å². The highest BCUT2D eigenvalue weighted by Gasteiger charge is 2.16. The summed E-state index contributed by atoms with van der Waals surface area (Å²) in [6, 6.07) is 7.30. The quantitative estimate of drug-likeness (QED) is 0.656. The predicted octanol–water partition coefficient (Wildman–Crippen LogP) is 3.74. The first kappa shape index (κ1) is 13.3. The molecule has 0 unspecified atom stereocenters. The molecule has 0 amide bonds. The molecule has 0 fully saturated rings. The molecule has 0 radical (unpaired) electrons. The van der Waals surface area contributed by atoms with Crippen LogP contribution >= 0.6 is 0 Å². The Labute approximate surface area is 111 Å². The molecule has 0 spiro atoms. The van der Waals surface area contributed by atoms with E-state index in [1.807, 2.05) is 6.07 Å². The molecule has 1 heterocycles. The SMILES string of the molecule is CCC(CC)Nc1ccc([N+](=O)[O-])c2ncccc12. The maximum absolute atomic E-state index is 11.0. The van der Waals surface area contributed by atoms with Gasteiger partial charge in [0.1, 0.15) is 5.52 Å². The van der Waals surface area contributed by atoms with Crippen molar-refractivity contribution >= 4 is 22.3 Å². The first-order chi connectivity index (χ1) is 9.17. The molecule has 1 aromatic heterocycles. The van der Waals surface area contributed by atoms with E-state index in [1.54, 1.807) is 18.3 Å². The highest BCUT2D eigenvalue weighted by Crippen LogP contribution is 2.30. The molecular weight excluding hydrogens is 242 g/mol. The van der Waals surface area contributed by atoms with Crippen LogP contribution in [0.2, 0.25) is 0 Å². The molecule has 0 atom stereocenters. The van der Waals surface area contributed by atoms with Crippen LogP contribution in [0.4, 0.5) is 11.4 Å². The Balaban J connectivity index is 2.52. The number of anilines is 1. The van der Waals surface area contributed by atoms with Gasteiger partial charge >= 0.3 is 0 Å². The molecule has 0 bridgehead atoms. The van der Waals surface area contributed by atoms with Crippen molar-refractivity contribution in [2.45, 2.75) is 32.7 Å². The van der Waals surface area contributed by atoms with Gasteiger partial charge in [-0.1, -0.05) is 13.8 Å². The molecule has 100 valence electrons. The van der Waals surface area contributed by atoms with Crippen molar-refractivity contribution < 1.29 is 4.92 Å². The van der Waals surface area contributed by atoms with Gasteiger partial charge in [-0.25, -0.2) is 4.98 Å². The number of hydrogen-bond donors (Lipinski definition) is 1. The third-order valence-corrected chi connectivity index (χ3v) is 3.29. The van der Waals surface area contributed by atoms with E-state index in [4.69, 9.17) is 0 Å². The summed E-state index contributed by atoms with van der Waals surface area (Å²) in [5.74, 6) is 0. The molecule has 5 nitrogen and oxygen atoms in total. The Kier molecular flexibility index (Phi) is 3.94. The van der Waals surface area contributed by atoms with Crippen molar-refractivity contribution in [3.8, 4) is 0 Å². The lowest BCUT2D eigenvalue weighted by atomic mass is 10.1. The van der Waals surface area contributed by atoms with Crippen molar-refractivity contribution in [1.29, 1.82) is 0 Å². The second kappa shape index (κ2) is 5.65. The molecule has 0 saturated carbocycles. The van der Waals surface area contributed by atoms with Crippen molar-refractivity contribution in [2.24, 2.45) is 0 Å². The largest absolute Gasteiger partial charge is 0.382 e. The Morgan fingerprint density at radius 2 is 2.05 bits per heavy atom. The Bertz CT molecular complexity index is 594. The van der Waals surface area contributed by atoms with Crippen LogP contribution in [0, 0.1) is 10.1 Å². The number of aromatic nitrogens is 1. The zero-order valence-electron chi connectivity index (χ0n) is 11.1. The van der Waals surface area contributed by atoms with E-state index in [-0.39, 0.29) is 5.69 Å². The molecule has 5 heteroatoms. The number of benzene rings is 1. The lowest BCUT2D eigenvalue weighted by molar-refractivity contribution is -0.383. The second-order valence-corrected chi connectivity index (χ2v) is 4.45. The number of nitro groups is 1. The topological polar surface area (TPSA) is 68.1 Å². The molecule has 2 rings (SSSR count). The molecule has 1 N–H and O–H groups in total. The third-order valence-electron chi connectivity index (χ3n) is 3.29. The monoisotopic (exact) mass is 259 g/mol. The van der Waals surface area contributed by atoms with Crippen molar-refractivity contribution in [3.63, 3.8) is 0 Å². The predicted molar refractivity (Wildman–Crippen MR) is 76.4 cm³/mol. The summed E-state index contributed by atoms with van der Waals surface area (Å²) in [5, 5.41) is 15.2. The van der Waals surface area contributed by atoms with E-state index < -0.39 is 4.92 Å². The smallest absolute Gasteiger partial charge is 0.295 e. The van der Waals surface area contributed by atoms with Crippen molar-refractivity contribution in [2.75, 3.05) is 5.32 Å². The van der Waals surface area contributed by atoms with Gasteiger partial charge in [-0.05, 0) is 31.0 Å². The number of nitrogens with one attached hydrogen (secondary N) is 1. The molecule has 0 saturated heterocycles. The fourth-order valence-electron chi connectivity index (χ4n) is 2.14. The van der Waals surface area contributed by atoms with Gasteiger partial charge in [0, 0.05) is 29.4 Å². The van der Waals surface area contributed by atoms with Crippen LogP contribution in [-0.4, -0.2) is 15.9 Å². The van der Waals surface area contributed by atoms with Gasteiger partial charge in [0.2, 0.25) is 0 Å². The van der Waals surface area contributed by atoms with Gasteiger partial charge in [0.05, 0.1) is 4.92 Å². The number of hydrogen-bond acceptors (Lipinski definition) is 4. The number of nitro benzene ring substituents is 1. The zero-order valence-corrected chi connectivity index (χ0v) is 11.1. The highest BCUT2D eigenvalue weighted by atomic mass is 16.6. The zero-order chi connectivity index (χ0) is 13.8. The van der Waals surface area contributed by atoms with E-state index in [2.05, 4.69) is 24.1 Å². The van der Waals surface area contributed by atoms with Crippen LogP contribution in [0.25, 0.3) is 10.9 Å². The minimum Gasteiger partial charge on any atom is -0.382 e. The summed E-state index contributed by atoms with van der Waals surface area (Å²) in [4.78, 5) is 14.8. The minimum absolute atomic E-state index is 0.0469. The average Bonchev–Trinajstić information content (AvgIpc) is 2.44. The second-order valence-electron chi connectivity index (χ2n) is 4.45. The van der Waals surface area contributed by atoms with Gasteiger partial charge in [0.25, 0.3) is 5.69 Å². The summed E-state index contributed by atoms with van der Waals surface area (Å²) < 4.78 is 0. The van der Waals surface area contributed by atoms with Crippen LogP contribution in [0.1, 0.15) is 26.7 Å². The molecule has 0 aliphatic rings. The lowest BCUT2D eigenvalue weighted by Crippen LogP contribution is -2.17. The third kappa shape index (κ3) is 2.65. The fraction of sp³-hybridized carbons (Fsp3) is 0.357. The summed E-state index contributed by atoms with van der Waals surface area (Å²) in [7, 11) is 0. The number of rotatable bonds is 5. The molecule has 0 aliphatic carbocycles. The summed E-state index contributed by atoms with van der Waals surface area (Å²) in [6.45, 7) is 4.24. The molecule has 2 aromatic rings. The molecule has 0 aliphatic heterocycles. The van der Waals surface area contributed by atoms with E-state index in [9.17, 15) is 10.1 Å². The fourth-order valence-corrected chi connectivity index (χ4v) is 2.14. The first-order valence-electron chi connectivity index (χ1n) is 6.46. The first-order valence-corrected chi connectivity index (χ1v) is 6.46. The Hall–Kier alpha value is -2.17. The highest BCUT2D eigenvalue weighted by molar-refractivity contribution is 5.96. The van der Waals surface area contributed by atoms with Crippen molar-refractivity contribution in [3.05, 3.63) is 40.6 Å². The Morgan fingerprint density at radius 1 is 1.32 bits per heavy atom. The van der Waals surface area contributed by atoms with Crippen LogP contribution in [-0.2, 0) is 0 Å².